The molecule has 1 amide bonds. The van der Waals surface area contributed by atoms with Crippen molar-refractivity contribution in [1.82, 2.24) is 0 Å². The molecule has 5 heteroatoms. The number of anilines is 1. The zero-order valence-electron chi connectivity index (χ0n) is 12.5. The first-order chi connectivity index (χ1) is 10.7. The molecule has 3 aliphatic rings. The summed E-state index contributed by atoms with van der Waals surface area (Å²) in [5.41, 5.74) is 0.735. The van der Waals surface area contributed by atoms with Gasteiger partial charge in [-0.1, -0.05) is 0 Å². The van der Waals surface area contributed by atoms with Gasteiger partial charge in [0.25, 0.3) is 0 Å². The van der Waals surface area contributed by atoms with Gasteiger partial charge in [-0.2, -0.15) is 0 Å². The molecule has 3 fully saturated rings. The van der Waals surface area contributed by atoms with Crippen LogP contribution in [0.2, 0.25) is 0 Å². The highest BCUT2D eigenvalue weighted by Crippen LogP contribution is 2.57. The third-order valence-corrected chi connectivity index (χ3v) is 5.22. The second-order valence-corrected chi connectivity index (χ2v) is 6.37. The van der Waals surface area contributed by atoms with Crippen molar-refractivity contribution in [2.45, 2.75) is 25.9 Å². The van der Waals surface area contributed by atoms with Crippen LogP contribution in [0.15, 0.2) is 24.3 Å². The number of amides is 1. The molecule has 116 valence electrons. The van der Waals surface area contributed by atoms with E-state index >= 15 is 0 Å². The standard InChI is InChI=1S/C17H19NO4/c1-2-21-11-5-3-10(4-6-11)18-16(19)14-9-7-12-13(8-9)22-17(20)15(12)14/h3-6,9,12-15H,2,7-8H2,1H3,(H,18,19)/t9-,12+,13+,14-,15-/m1/s1. The van der Waals surface area contributed by atoms with Gasteiger partial charge in [0, 0.05) is 11.6 Å². The lowest BCUT2D eigenvalue weighted by Crippen LogP contribution is -2.35. The molecule has 5 nitrogen and oxygen atoms in total. The van der Waals surface area contributed by atoms with E-state index in [0.29, 0.717) is 6.61 Å². The Labute approximate surface area is 129 Å². The molecule has 5 atom stereocenters. The Hall–Kier alpha value is -2.04. The lowest BCUT2D eigenvalue weighted by molar-refractivity contribution is -0.145. The molecule has 2 bridgehead atoms. The topological polar surface area (TPSA) is 64.6 Å². The van der Waals surface area contributed by atoms with E-state index in [0.717, 1.165) is 24.3 Å². The number of carbonyl (C=O) groups is 2. The highest BCUT2D eigenvalue weighted by Gasteiger charge is 2.63. The first kappa shape index (κ1) is 13.6. The Balaban J connectivity index is 1.47. The summed E-state index contributed by atoms with van der Waals surface area (Å²) in [6, 6.07) is 7.32. The van der Waals surface area contributed by atoms with Crippen LogP contribution in [-0.2, 0) is 14.3 Å². The Morgan fingerprint density at radius 1 is 1.32 bits per heavy atom. The Morgan fingerprint density at radius 2 is 2.09 bits per heavy atom. The third-order valence-electron chi connectivity index (χ3n) is 5.22. The van der Waals surface area contributed by atoms with Crippen molar-refractivity contribution in [3.8, 4) is 5.75 Å². The molecule has 1 aliphatic heterocycles. The van der Waals surface area contributed by atoms with E-state index in [1.54, 1.807) is 0 Å². The van der Waals surface area contributed by atoms with E-state index < -0.39 is 0 Å². The van der Waals surface area contributed by atoms with Crippen LogP contribution >= 0.6 is 0 Å². The molecule has 1 heterocycles. The minimum absolute atomic E-state index is 0.0565. The molecular weight excluding hydrogens is 282 g/mol. The van der Waals surface area contributed by atoms with Crippen LogP contribution in [0.5, 0.6) is 5.75 Å². The number of esters is 1. The van der Waals surface area contributed by atoms with E-state index in [9.17, 15) is 9.59 Å². The molecule has 0 radical (unpaired) electrons. The number of ether oxygens (including phenoxy) is 2. The number of nitrogens with one attached hydrogen (secondary N) is 1. The quantitative estimate of drug-likeness (QED) is 0.866. The highest BCUT2D eigenvalue weighted by molar-refractivity contribution is 5.97. The Kier molecular flexibility index (Phi) is 3.10. The van der Waals surface area contributed by atoms with Gasteiger partial charge in [-0.3, -0.25) is 9.59 Å². The van der Waals surface area contributed by atoms with Gasteiger partial charge in [-0.25, -0.2) is 0 Å². The fraction of sp³-hybridized carbons (Fsp3) is 0.529. The molecule has 1 aromatic carbocycles. The first-order valence-corrected chi connectivity index (χ1v) is 7.91. The smallest absolute Gasteiger partial charge is 0.310 e. The number of carbonyl (C=O) groups excluding carboxylic acids is 2. The SMILES string of the molecule is CCOc1ccc(NC(=O)[C@@H]2[C@@H]3C[C@@H]4[C@H]2C(=O)O[C@H]4C3)cc1. The van der Waals surface area contributed by atoms with Gasteiger partial charge < -0.3 is 14.8 Å². The summed E-state index contributed by atoms with van der Waals surface area (Å²) >= 11 is 0. The van der Waals surface area contributed by atoms with Crippen molar-refractivity contribution in [2.75, 3.05) is 11.9 Å². The summed E-state index contributed by atoms with van der Waals surface area (Å²) in [5, 5.41) is 2.94. The zero-order chi connectivity index (χ0) is 15.3. The minimum Gasteiger partial charge on any atom is -0.494 e. The number of fused-ring (bicyclic) bond motifs is 1. The zero-order valence-corrected chi connectivity index (χ0v) is 12.5. The van der Waals surface area contributed by atoms with Crippen molar-refractivity contribution in [2.24, 2.45) is 23.7 Å². The van der Waals surface area contributed by atoms with E-state index in [2.05, 4.69) is 5.32 Å². The number of hydrogen-bond acceptors (Lipinski definition) is 4. The van der Waals surface area contributed by atoms with E-state index in [-0.39, 0.29) is 41.7 Å². The summed E-state index contributed by atoms with van der Waals surface area (Å²) in [7, 11) is 0. The third kappa shape index (κ3) is 1.99. The van der Waals surface area contributed by atoms with Gasteiger partial charge in [0.05, 0.1) is 18.4 Å². The molecule has 4 rings (SSSR count). The molecule has 1 saturated heterocycles. The second-order valence-electron chi connectivity index (χ2n) is 6.37. The van der Waals surface area contributed by atoms with Crippen molar-refractivity contribution in [3.05, 3.63) is 24.3 Å². The fourth-order valence-electron chi connectivity index (χ4n) is 4.39. The molecule has 1 aromatic rings. The van der Waals surface area contributed by atoms with E-state index in [1.165, 1.54) is 0 Å². The predicted molar refractivity (Wildman–Crippen MR) is 79.3 cm³/mol. The predicted octanol–water partition coefficient (Wildman–Crippen LogP) is 2.22. The number of benzene rings is 1. The maximum Gasteiger partial charge on any atom is 0.310 e. The molecule has 2 aliphatic carbocycles. The largest absolute Gasteiger partial charge is 0.494 e. The number of rotatable bonds is 4. The molecule has 0 aromatic heterocycles. The molecule has 22 heavy (non-hydrogen) atoms. The van der Waals surface area contributed by atoms with E-state index in [4.69, 9.17) is 9.47 Å². The summed E-state index contributed by atoms with van der Waals surface area (Å²) in [6.45, 7) is 2.54. The molecule has 2 saturated carbocycles. The maximum atomic E-state index is 12.6. The molecule has 0 unspecified atom stereocenters. The van der Waals surface area contributed by atoms with Crippen molar-refractivity contribution in [1.29, 1.82) is 0 Å². The number of hydrogen-bond donors (Lipinski definition) is 1. The van der Waals surface area contributed by atoms with Crippen LogP contribution in [0.4, 0.5) is 5.69 Å². The van der Waals surface area contributed by atoms with Crippen LogP contribution in [-0.4, -0.2) is 24.6 Å². The summed E-state index contributed by atoms with van der Waals surface area (Å²) < 4.78 is 10.8. The van der Waals surface area contributed by atoms with Gasteiger partial charge in [-0.15, -0.1) is 0 Å². The lowest BCUT2D eigenvalue weighted by atomic mass is 9.79. The molecule has 0 spiro atoms. The van der Waals surface area contributed by atoms with Crippen molar-refractivity contribution >= 4 is 17.6 Å². The molecule has 1 N–H and O–H groups in total. The Bertz CT molecular complexity index is 610. The van der Waals surface area contributed by atoms with E-state index in [1.807, 2.05) is 31.2 Å². The summed E-state index contributed by atoms with van der Waals surface area (Å²) in [4.78, 5) is 24.6. The van der Waals surface area contributed by atoms with Crippen LogP contribution in [0.1, 0.15) is 19.8 Å². The Morgan fingerprint density at radius 3 is 2.82 bits per heavy atom. The maximum absolute atomic E-state index is 12.6. The highest BCUT2D eigenvalue weighted by atomic mass is 16.6. The van der Waals surface area contributed by atoms with Gasteiger partial charge >= 0.3 is 5.97 Å². The monoisotopic (exact) mass is 301 g/mol. The van der Waals surface area contributed by atoms with Gasteiger partial charge in [0.2, 0.25) is 5.91 Å². The first-order valence-electron chi connectivity index (χ1n) is 7.91. The summed E-state index contributed by atoms with van der Waals surface area (Å²) in [5.74, 6) is 0.625. The van der Waals surface area contributed by atoms with Crippen LogP contribution < -0.4 is 10.1 Å². The van der Waals surface area contributed by atoms with Gasteiger partial charge in [0.1, 0.15) is 11.9 Å². The summed E-state index contributed by atoms with van der Waals surface area (Å²) in [6.07, 6.45) is 1.86. The van der Waals surface area contributed by atoms with Crippen LogP contribution in [0.3, 0.4) is 0 Å². The molecular formula is C17H19NO4. The van der Waals surface area contributed by atoms with Crippen LogP contribution in [0, 0.1) is 23.7 Å². The minimum atomic E-state index is -0.234. The second kappa shape index (κ2) is 5.00. The van der Waals surface area contributed by atoms with Gasteiger partial charge in [-0.05, 0) is 49.9 Å². The normalized spacial score (nSPS) is 34.6. The average molecular weight is 301 g/mol. The fourth-order valence-corrected chi connectivity index (χ4v) is 4.39. The van der Waals surface area contributed by atoms with Crippen molar-refractivity contribution in [3.63, 3.8) is 0 Å². The lowest BCUT2D eigenvalue weighted by Gasteiger charge is -2.23. The van der Waals surface area contributed by atoms with Crippen molar-refractivity contribution < 1.29 is 19.1 Å². The average Bonchev–Trinajstić information content (AvgIpc) is 3.11. The van der Waals surface area contributed by atoms with Crippen LogP contribution in [0.25, 0.3) is 0 Å². The van der Waals surface area contributed by atoms with Gasteiger partial charge in [0.15, 0.2) is 0 Å².